The Labute approximate surface area is 280 Å². The molecule has 0 aliphatic carbocycles. The number of ether oxygens (including phenoxy) is 3. The van der Waals surface area contributed by atoms with Crippen LogP contribution in [0.15, 0.2) is 111 Å². The number of carbonyl (C=O) groups is 1. The second-order valence-electron chi connectivity index (χ2n) is 10.6. The van der Waals surface area contributed by atoms with Crippen LogP contribution in [0.5, 0.6) is 11.5 Å². The van der Waals surface area contributed by atoms with Gasteiger partial charge in [-0.2, -0.15) is 0 Å². The Bertz CT molecular complexity index is 1610. The summed E-state index contributed by atoms with van der Waals surface area (Å²) in [4.78, 5) is 19.5. The number of amides is 1. The average molecular weight is 737 g/mol. The van der Waals surface area contributed by atoms with Crippen LogP contribution >= 0.6 is 31.9 Å². The van der Waals surface area contributed by atoms with Gasteiger partial charge in [-0.1, -0.05) is 74.3 Å². The molecule has 0 spiro atoms. The van der Waals surface area contributed by atoms with E-state index in [4.69, 9.17) is 24.3 Å². The molecule has 2 atom stereocenters. The Morgan fingerprint density at radius 2 is 1.73 bits per heavy atom. The van der Waals surface area contributed by atoms with Crippen LogP contribution in [0.3, 0.4) is 0 Å². The Morgan fingerprint density at radius 3 is 2.47 bits per heavy atom. The van der Waals surface area contributed by atoms with Gasteiger partial charge in [-0.05, 0) is 72.1 Å². The summed E-state index contributed by atoms with van der Waals surface area (Å²) in [6.07, 6.45) is 0.795. The fourth-order valence-electron chi connectivity index (χ4n) is 5.15. The fraction of sp³-hybridized carbons (Fsp3) is 0.257. The van der Waals surface area contributed by atoms with Crippen LogP contribution in [0.25, 0.3) is 0 Å². The highest BCUT2D eigenvalue weighted by molar-refractivity contribution is 9.10. The van der Waals surface area contributed by atoms with Crippen LogP contribution < -0.4 is 20.3 Å². The molecule has 10 heteroatoms. The van der Waals surface area contributed by atoms with Crippen molar-refractivity contribution in [3.63, 3.8) is 0 Å². The zero-order chi connectivity index (χ0) is 31.6. The minimum absolute atomic E-state index is 0.0670. The first kappa shape index (κ1) is 32.7. The molecule has 0 saturated carbocycles. The Morgan fingerprint density at radius 1 is 0.956 bits per heavy atom. The van der Waals surface area contributed by atoms with Crippen LogP contribution in [0.4, 0.5) is 0 Å². The second-order valence-corrected chi connectivity index (χ2v) is 12.4. The van der Waals surface area contributed by atoms with Crippen molar-refractivity contribution in [1.82, 2.24) is 10.9 Å². The molecule has 0 aromatic heterocycles. The molecule has 1 heterocycles. The van der Waals surface area contributed by atoms with Crippen LogP contribution in [0, 0.1) is 0 Å². The number of benzene rings is 4. The molecular weight excluding hydrogens is 702 g/mol. The highest BCUT2D eigenvalue weighted by Gasteiger charge is 2.53. The van der Waals surface area contributed by atoms with Gasteiger partial charge in [0.25, 0.3) is 5.91 Å². The monoisotopic (exact) mass is 735 g/mol. The van der Waals surface area contributed by atoms with Crippen molar-refractivity contribution < 1.29 is 24.1 Å². The van der Waals surface area contributed by atoms with Crippen molar-refractivity contribution in [1.29, 1.82) is 0 Å². The lowest BCUT2D eigenvalue weighted by atomic mass is 9.82. The van der Waals surface area contributed by atoms with E-state index in [0.717, 1.165) is 36.9 Å². The van der Waals surface area contributed by atoms with E-state index in [2.05, 4.69) is 42.7 Å². The van der Waals surface area contributed by atoms with Crippen molar-refractivity contribution in [2.75, 3.05) is 26.9 Å². The van der Waals surface area contributed by atoms with Gasteiger partial charge in [0, 0.05) is 46.1 Å². The number of rotatable bonds is 14. The molecule has 1 aliphatic heterocycles. The Hall–Kier alpha value is -3.70. The summed E-state index contributed by atoms with van der Waals surface area (Å²) in [6, 6.07) is 30.9. The number of hydrogen-bond acceptors (Lipinski definition) is 7. The molecule has 1 amide bonds. The highest BCUT2D eigenvalue weighted by Crippen LogP contribution is 2.44. The first-order chi connectivity index (χ1) is 21.9. The van der Waals surface area contributed by atoms with Crippen LogP contribution in [-0.4, -0.2) is 49.3 Å². The van der Waals surface area contributed by atoms with E-state index in [1.807, 2.05) is 97.1 Å². The lowest BCUT2D eigenvalue weighted by Crippen LogP contribution is -2.54. The van der Waals surface area contributed by atoms with Gasteiger partial charge in [0.15, 0.2) is 11.6 Å². The van der Waals surface area contributed by atoms with Gasteiger partial charge < -0.3 is 19.3 Å². The van der Waals surface area contributed by atoms with Crippen molar-refractivity contribution in [2.24, 2.45) is 4.99 Å². The molecule has 4 aromatic rings. The molecule has 234 valence electrons. The number of aliphatic hydroxyl groups is 1. The average Bonchev–Trinajstić information content (AvgIpc) is 3.45. The molecule has 0 radical (unpaired) electrons. The van der Waals surface area contributed by atoms with E-state index in [1.54, 1.807) is 7.11 Å². The van der Waals surface area contributed by atoms with E-state index >= 15 is 0 Å². The van der Waals surface area contributed by atoms with Gasteiger partial charge in [0.1, 0.15) is 11.5 Å². The summed E-state index contributed by atoms with van der Waals surface area (Å²) in [5.74, 6) is 1.51. The number of hydrogen-bond donors (Lipinski definition) is 3. The summed E-state index contributed by atoms with van der Waals surface area (Å²) in [5.41, 5.74) is 8.28. The third-order valence-electron chi connectivity index (χ3n) is 7.48. The van der Waals surface area contributed by atoms with Crippen molar-refractivity contribution >= 4 is 43.7 Å². The van der Waals surface area contributed by atoms with Gasteiger partial charge >= 0.3 is 0 Å². The van der Waals surface area contributed by atoms with Gasteiger partial charge in [-0.3, -0.25) is 10.2 Å². The standard InChI is InChI=1S/C35H35Br2N3O5/c1-43-29-7-4-6-24(22-29)18-19-38-40-34(42)35(23-25-10-14-27(36)15-11-25)32(30-8-2-3-9-31(30)37)45-33(39-35)26-12-16-28(17-13-26)44-21-5-20-41/h2-4,6-17,22,32,38,41H,5,18-21,23H2,1H3,(H,40,42)/t32-,35-/m0/s1. The van der Waals surface area contributed by atoms with Crippen LogP contribution in [-0.2, 0) is 22.4 Å². The summed E-state index contributed by atoms with van der Waals surface area (Å²) in [6.45, 7) is 0.984. The third-order valence-corrected chi connectivity index (χ3v) is 8.73. The first-order valence-electron chi connectivity index (χ1n) is 14.7. The number of halogens is 2. The highest BCUT2D eigenvalue weighted by atomic mass is 79.9. The maximum Gasteiger partial charge on any atom is 0.266 e. The molecule has 0 bridgehead atoms. The van der Waals surface area contributed by atoms with Crippen molar-refractivity contribution in [3.05, 3.63) is 128 Å². The SMILES string of the molecule is COc1cccc(CCNNC(=O)[C@@]2(Cc3ccc(Br)cc3)N=C(c3ccc(OCCCO)cc3)O[C@H]2c2ccccc2Br)c1. The lowest BCUT2D eigenvalue weighted by molar-refractivity contribution is -0.130. The lowest BCUT2D eigenvalue weighted by Gasteiger charge is -2.31. The number of aliphatic imine (C=N–C) groups is 1. The summed E-state index contributed by atoms with van der Waals surface area (Å²) in [7, 11) is 1.64. The van der Waals surface area contributed by atoms with E-state index in [9.17, 15) is 4.79 Å². The quantitative estimate of drug-likeness (QED) is 0.103. The van der Waals surface area contributed by atoms with Crippen molar-refractivity contribution in [3.8, 4) is 11.5 Å². The van der Waals surface area contributed by atoms with Gasteiger partial charge in [-0.15, -0.1) is 0 Å². The number of nitrogens with zero attached hydrogens (tertiary/aromatic N) is 1. The van der Waals surface area contributed by atoms with E-state index in [-0.39, 0.29) is 12.5 Å². The number of aliphatic hydroxyl groups excluding tert-OH is 1. The topological polar surface area (TPSA) is 101 Å². The van der Waals surface area contributed by atoms with E-state index in [1.165, 1.54) is 0 Å². The zero-order valence-corrected chi connectivity index (χ0v) is 28.0. The first-order valence-corrected chi connectivity index (χ1v) is 16.3. The van der Waals surface area contributed by atoms with Crippen LogP contribution in [0.1, 0.15) is 34.8 Å². The molecule has 0 fully saturated rings. The minimum Gasteiger partial charge on any atom is -0.497 e. The molecule has 45 heavy (non-hydrogen) atoms. The number of nitrogens with one attached hydrogen (secondary N) is 2. The Balaban J connectivity index is 1.47. The summed E-state index contributed by atoms with van der Waals surface area (Å²) < 4.78 is 19.4. The minimum atomic E-state index is -1.34. The number of methoxy groups -OCH3 is 1. The second kappa shape index (κ2) is 15.5. The molecular formula is C35H35Br2N3O5. The molecule has 0 unspecified atom stereocenters. The largest absolute Gasteiger partial charge is 0.497 e. The van der Waals surface area contributed by atoms with E-state index < -0.39 is 11.6 Å². The number of hydrazine groups is 1. The predicted molar refractivity (Wildman–Crippen MR) is 182 cm³/mol. The normalized spacial score (nSPS) is 17.3. The summed E-state index contributed by atoms with van der Waals surface area (Å²) in [5, 5.41) is 9.06. The Kier molecular flexibility index (Phi) is 11.3. The molecule has 4 aromatic carbocycles. The van der Waals surface area contributed by atoms with Crippen molar-refractivity contribution in [2.45, 2.75) is 30.9 Å². The number of carbonyl (C=O) groups excluding carboxylic acids is 1. The van der Waals surface area contributed by atoms with Gasteiger partial charge in [0.05, 0.1) is 13.7 Å². The van der Waals surface area contributed by atoms with Gasteiger partial charge in [-0.25, -0.2) is 10.4 Å². The molecule has 0 saturated heterocycles. The molecule has 1 aliphatic rings. The fourth-order valence-corrected chi connectivity index (χ4v) is 5.90. The smallest absolute Gasteiger partial charge is 0.266 e. The third kappa shape index (κ3) is 8.12. The predicted octanol–water partition coefficient (Wildman–Crippen LogP) is 6.34. The van der Waals surface area contributed by atoms with Crippen LogP contribution in [0.2, 0.25) is 0 Å². The maximum absolute atomic E-state index is 14.4. The van der Waals surface area contributed by atoms with E-state index in [0.29, 0.717) is 44.1 Å². The zero-order valence-electron chi connectivity index (χ0n) is 24.8. The summed E-state index contributed by atoms with van der Waals surface area (Å²) >= 11 is 7.21. The maximum atomic E-state index is 14.4. The van der Waals surface area contributed by atoms with Gasteiger partial charge in [0.2, 0.25) is 5.90 Å². The molecule has 3 N–H and O–H groups in total. The molecule has 8 nitrogen and oxygen atoms in total. The molecule has 5 rings (SSSR count).